The minimum Gasteiger partial charge on any atom is -0.391 e. The normalized spacial score (nSPS) is 16.1. The van der Waals surface area contributed by atoms with Crippen molar-refractivity contribution in [3.63, 3.8) is 0 Å². The van der Waals surface area contributed by atoms with Crippen molar-refractivity contribution >= 4 is 11.8 Å². The number of rotatable bonds is 4. The summed E-state index contributed by atoms with van der Waals surface area (Å²) in [6.07, 6.45) is -0.691. The van der Waals surface area contributed by atoms with Gasteiger partial charge in [-0.25, -0.2) is 0 Å². The lowest BCUT2D eigenvalue weighted by molar-refractivity contribution is 0.146. The van der Waals surface area contributed by atoms with E-state index in [0.29, 0.717) is 17.5 Å². The molecule has 1 aromatic rings. The van der Waals surface area contributed by atoms with Crippen LogP contribution in [-0.2, 0) is 5.75 Å². The number of hydrogen-bond acceptors (Lipinski definition) is 6. The molecule has 5 nitrogen and oxygen atoms in total. The maximum atomic E-state index is 9.28. The smallest absolute Gasteiger partial charge is 0.246 e. The average molecular weight is 245 g/mol. The zero-order valence-electron chi connectivity index (χ0n) is 10.1. The predicted octanol–water partition coefficient (Wildman–Crippen LogP) is 1.48. The summed E-state index contributed by atoms with van der Waals surface area (Å²) in [4.78, 5) is 4.15. The third-order valence-corrected chi connectivity index (χ3v) is 3.19. The number of aliphatic hydroxyl groups excluding tert-OH is 1. The van der Waals surface area contributed by atoms with Crippen molar-refractivity contribution in [2.24, 2.45) is 5.73 Å². The van der Waals surface area contributed by atoms with Crippen LogP contribution >= 0.6 is 11.8 Å². The summed E-state index contributed by atoms with van der Waals surface area (Å²) in [5, 5.41) is 13.1. The largest absolute Gasteiger partial charge is 0.391 e. The zero-order chi connectivity index (χ0) is 12.3. The molecule has 0 aliphatic heterocycles. The van der Waals surface area contributed by atoms with Gasteiger partial charge in [0.1, 0.15) is 6.04 Å². The van der Waals surface area contributed by atoms with E-state index in [4.69, 9.17) is 10.3 Å². The van der Waals surface area contributed by atoms with E-state index in [2.05, 4.69) is 30.9 Å². The maximum Gasteiger partial charge on any atom is 0.246 e. The molecular formula is C10H19N3O2S. The Morgan fingerprint density at radius 3 is 2.62 bits per heavy atom. The number of nitrogens with zero attached hydrogens (tertiary/aromatic N) is 2. The van der Waals surface area contributed by atoms with Crippen LogP contribution in [0.5, 0.6) is 0 Å². The first kappa shape index (κ1) is 13.5. The van der Waals surface area contributed by atoms with Crippen LogP contribution in [0, 0.1) is 0 Å². The Balaban J connectivity index is 2.58. The topological polar surface area (TPSA) is 85.2 Å². The first-order valence-electron chi connectivity index (χ1n) is 5.19. The van der Waals surface area contributed by atoms with Crippen molar-refractivity contribution in [1.29, 1.82) is 0 Å². The van der Waals surface area contributed by atoms with Crippen LogP contribution in [0.1, 0.15) is 45.5 Å². The lowest BCUT2D eigenvalue weighted by Gasteiger charge is -2.15. The quantitative estimate of drug-likeness (QED) is 0.835. The Bertz CT molecular complexity index is 333. The Morgan fingerprint density at radius 1 is 1.50 bits per heavy atom. The van der Waals surface area contributed by atoms with Gasteiger partial charge < -0.3 is 15.4 Å². The Morgan fingerprint density at radius 2 is 2.12 bits per heavy atom. The van der Waals surface area contributed by atoms with Crippen molar-refractivity contribution in [2.75, 3.05) is 0 Å². The van der Waals surface area contributed by atoms with E-state index in [0.717, 1.165) is 0 Å². The number of aromatic nitrogens is 2. The molecule has 0 aromatic carbocycles. The van der Waals surface area contributed by atoms with Crippen molar-refractivity contribution in [1.82, 2.24) is 10.1 Å². The Kier molecular flexibility index (Phi) is 4.35. The number of thioether (sulfide) groups is 1. The number of aliphatic hydroxyl groups is 1. The van der Waals surface area contributed by atoms with E-state index in [-0.39, 0.29) is 4.75 Å². The molecule has 0 amide bonds. The molecule has 0 saturated carbocycles. The van der Waals surface area contributed by atoms with Gasteiger partial charge in [-0.05, 0) is 6.92 Å². The molecule has 1 heterocycles. The molecule has 1 rings (SSSR count). The molecule has 0 fully saturated rings. The van der Waals surface area contributed by atoms with E-state index in [1.54, 1.807) is 18.7 Å². The van der Waals surface area contributed by atoms with E-state index >= 15 is 0 Å². The van der Waals surface area contributed by atoms with Crippen molar-refractivity contribution in [2.45, 2.75) is 50.3 Å². The summed E-state index contributed by atoms with van der Waals surface area (Å²) in [6, 6.07) is -0.610. The highest BCUT2D eigenvalue weighted by Gasteiger charge is 2.20. The first-order chi connectivity index (χ1) is 7.29. The summed E-state index contributed by atoms with van der Waals surface area (Å²) in [7, 11) is 0. The van der Waals surface area contributed by atoms with Crippen LogP contribution < -0.4 is 5.73 Å². The van der Waals surface area contributed by atoms with Gasteiger partial charge in [0.05, 0.1) is 11.9 Å². The second-order valence-corrected chi connectivity index (χ2v) is 6.52. The fraction of sp³-hybridized carbons (Fsp3) is 0.800. The van der Waals surface area contributed by atoms with Gasteiger partial charge in [-0.15, -0.1) is 11.8 Å². The lowest BCUT2D eigenvalue weighted by atomic mass is 10.2. The minimum atomic E-state index is -0.691. The monoisotopic (exact) mass is 245 g/mol. The highest BCUT2D eigenvalue weighted by molar-refractivity contribution is 7.99. The summed E-state index contributed by atoms with van der Waals surface area (Å²) < 4.78 is 5.15. The molecule has 0 aliphatic carbocycles. The second-order valence-electron chi connectivity index (χ2n) is 4.72. The molecule has 2 atom stereocenters. The molecule has 0 saturated heterocycles. The van der Waals surface area contributed by atoms with Crippen LogP contribution in [0.4, 0.5) is 0 Å². The van der Waals surface area contributed by atoms with Crippen molar-refractivity contribution in [3.8, 4) is 0 Å². The zero-order valence-corrected chi connectivity index (χ0v) is 10.9. The molecule has 0 aliphatic rings. The Hall–Kier alpha value is -0.590. The van der Waals surface area contributed by atoms with Crippen LogP contribution in [-0.4, -0.2) is 26.1 Å². The SMILES string of the molecule is C[C@@H](O)[C@H](N)c1nc(CSC(C)(C)C)no1. The molecule has 6 heteroatoms. The predicted molar refractivity (Wildman–Crippen MR) is 64.0 cm³/mol. The molecule has 1 aromatic heterocycles. The van der Waals surface area contributed by atoms with Gasteiger partial charge in [0.25, 0.3) is 0 Å². The molecule has 3 N–H and O–H groups in total. The van der Waals surface area contributed by atoms with Crippen molar-refractivity contribution in [3.05, 3.63) is 11.7 Å². The van der Waals surface area contributed by atoms with E-state index in [1.165, 1.54) is 0 Å². The third-order valence-electron chi connectivity index (χ3n) is 1.92. The standard InChI is InChI=1S/C10H19N3O2S/c1-6(14)8(11)9-12-7(13-15-9)5-16-10(2,3)4/h6,8,14H,5,11H2,1-4H3/t6-,8+/m1/s1. The van der Waals surface area contributed by atoms with Crippen LogP contribution in [0.2, 0.25) is 0 Å². The highest BCUT2D eigenvalue weighted by atomic mass is 32.2. The molecule has 92 valence electrons. The van der Waals surface area contributed by atoms with Gasteiger partial charge in [-0.2, -0.15) is 4.98 Å². The minimum absolute atomic E-state index is 0.160. The van der Waals surface area contributed by atoms with Gasteiger partial charge in [0.15, 0.2) is 5.82 Å². The molecule has 0 unspecified atom stereocenters. The molecule has 0 radical (unpaired) electrons. The molecular weight excluding hydrogens is 226 g/mol. The molecule has 16 heavy (non-hydrogen) atoms. The summed E-state index contributed by atoms with van der Waals surface area (Å²) in [6.45, 7) is 7.97. The van der Waals surface area contributed by atoms with Crippen LogP contribution in [0.15, 0.2) is 4.52 Å². The molecule has 0 spiro atoms. The first-order valence-corrected chi connectivity index (χ1v) is 6.18. The average Bonchev–Trinajstić information content (AvgIpc) is 2.60. The van der Waals surface area contributed by atoms with Crippen molar-refractivity contribution < 1.29 is 9.63 Å². The van der Waals surface area contributed by atoms with Gasteiger partial charge in [0, 0.05) is 4.75 Å². The Labute approximate surface area is 99.8 Å². The fourth-order valence-corrected chi connectivity index (χ4v) is 1.63. The molecule has 0 bridgehead atoms. The fourth-order valence-electron chi connectivity index (χ4n) is 0.949. The van der Waals surface area contributed by atoms with E-state index < -0.39 is 12.1 Å². The second kappa shape index (κ2) is 5.16. The van der Waals surface area contributed by atoms with Gasteiger partial charge in [-0.3, -0.25) is 0 Å². The summed E-state index contributed by atoms with van der Waals surface area (Å²) in [5.74, 6) is 1.59. The maximum absolute atomic E-state index is 9.28. The van der Waals surface area contributed by atoms with Crippen LogP contribution in [0.25, 0.3) is 0 Å². The number of hydrogen-bond donors (Lipinski definition) is 2. The number of nitrogens with two attached hydrogens (primary N) is 1. The third kappa shape index (κ3) is 4.11. The van der Waals surface area contributed by atoms with Gasteiger partial charge >= 0.3 is 0 Å². The van der Waals surface area contributed by atoms with Gasteiger partial charge in [-0.1, -0.05) is 25.9 Å². The van der Waals surface area contributed by atoms with E-state index in [9.17, 15) is 5.11 Å². The van der Waals surface area contributed by atoms with E-state index in [1.807, 2.05) is 0 Å². The van der Waals surface area contributed by atoms with Gasteiger partial charge in [0.2, 0.25) is 5.89 Å². The highest BCUT2D eigenvalue weighted by Crippen LogP contribution is 2.26. The summed E-state index contributed by atoms with van der Waals surface area (Å²) in [5.41, 5.74) is 5.68. The van der Waals surface area contributed by atoms with Crippen LogP contribution in [0.3, 0.4) is 0 Å². The lowest BCUT2D eigenvalue weighted by Crippen LogP contribution is -2.23. The summed E-state index contributed by atoms with van der Waals surface area (Å²) >= 11 is 1.73.